The molecular formula is C11H17NO3S. The standard InChI is InChI=1S/C11H17NO3S/c1-4-12(8(2)6-15-3)9-5-10(11(13)14)16-7-9/h5,7-8H,4,6H2,1-3H3,(H,13,14). The van der Waals surface area contributed by atoms with E-state index in [0.29, 0.717) is 11.5 Å². The first-order valence-electron chi connectivity index (χ1n) is 5.17. The van der Waals surface area contributed by atoms with Gasteiger partial charge in [0.1, 0.15) is 4.88 Å². The Morgan fingerprint density at radius 3 is 2.81 bits per heavy atom. The number of anilines is 1. The second-order valence-corrected chi connectivity index (χ2v) is 4.48. The second-order valence-electron chi connectivity index (χ2n) is 3.56. The van der Waals surface area contributed by atoms with Gasteiger partial charge in [-0.05, 0) is 19.9 Å². The summed E-state index contributed by atoms with van der Waals surface area (Å²) in [6.45, 7) is 5.57. The summed E-state index contributed by atoms with van der Waals surface area (Å²) in [5.74, 6) is -0.869. The lowest BCUT2D eigenvalue weighted by atomic mass is 10.2. The van der Waals surface area contributed by atoms with Crippen LogP contribution in [0, 0.1) is 0 Å². The van der Waals surface area contributed by atoms with E-state index in [1.165, 1.54) is 11.3 Å². The molecule has 0 aromatic carbocycles. The predicted octanol–water partition coefficient (Wildman–Crippen LogP) is 2.31. The molecule has 5 heteroatoms. The molecule has 16 heavy (non-hydrogen) atoms. The van der Waals surface area contributed by atoms with Gasteiger partial charge in [0.2, 0.25) is 0 Å². The zero-order chi connectivity index (χ0) is 12.1. The Balaban J connectivity index is 2.82. The molecule has 1 heterocycles. The van der Waals surface area contributed by atoms with Crippen molar-refractivity contribution in [3.05, 3.63) is 16.3 Å². The van der Waals surface area contributed by atoms with Gasteiger partial charge >= 0.3 is 5.97 Å². The van der Waals surface area contributed by atoms with Crippen LogP contribution in [0.3, 0.4) is 0 Å². The van der Waals surface area contributed by atoms with Crippen molar-refractivity contribution >= 4 is 23.0 Å². The number of methoxy groups -OCH3 is 1. The number of ether oxygens (including phenoxy) is 1. The summed E-state index contributed by atoms with van der Waals surface area (Å²) in [7, 11) is 1.67. The molecule has 1 aromatic heterocycles. The van der Waals surface area contributed by atoms with E-state index < -0.39 is 5.97 Å². The molecule has 0 aliphatic heterocycles. The molecule has 1 unspecified atom stereocenters. The van der Waals surface area contributed by atoms with Crippen LogP contribution >= 0.6 is 11.3 Å². The lowest BCUT2D eigenvalue weighted by molar-refractivity contribution is 0.0702. The minimum absolute atomic E-state index is 0.242. The summed E-state index contributed by atoms with van der Waals surface area (Å²) in [6, 6.07) is 1.95. The van der Waals surface area contributed by atoms with Gasteiger partial charge in [-0.2, -0.15) is 0 Å². The molecule has 0 bridgehead atoms. The third-order valence-electron chi connectivity index (χ3n) is 2.41. The molecule has 0 fully saturated rings. The molecule has 1 aromatic rings. The number of thiophene rings is 1. The van der Waals surface area contributed by atoms with Crippen molar-refractivity contribution in [2.45, 2.75) is 19.9 Å². The quantitative estimate of drug-likeness (QED) is 0.833. The maximum absolute atomic E-state index is 10.8. The summed E-state index contributed by atoms with van der Waals surface area (Å²) in [4.78, 5) is 13.3. The van der Waals surface area contributed by atoms with E-state index in [1.807, 2.05) is 12.3 Å². The smallest absolute Gasteiger partial charge is 0.345 e. The van der Waals surface area contributed by atoms with Gasteiger partial charge in [-0.15, -0.1) is 11.3 Å². The van der Waals surface area contributed by atoms with E-state index in [2.05, 4.69) is 11.8 Å². The maximum atomic E-state index is 10.8. The number of hydrogen-bond acceptors (Lipinski definition) is 4. The van der Waals surface area contributed by atoms with Crippen LogP contribution in [0.5, 0.6) is 0 Å². The molecule has 0 spiro atoms. The Kier molecular flexibility index (Phi) is 4.76. The van der Waals surface area contributed by atoms with E-state index in [0.717, 1.165) is 12.2 Å². The normalized spacial score (nSPS) is 12.4. The maximum Gasteiger partial charge on any atom is 0.345 e. The number of carboxylic acid groups (broad SMARTS) is 1. The largest absolute Gasteiger partial charge is 0.477 e. The van der Waals surface area contributed by atoms with Crippen LogP contribution in [0.1, 0.15) is 23.5 Å². The lowest BCUT2D eigenvalue weighted by Crippen LogP contribution is -2.35. The summed E-state index contributed by atoms with van der Waals surface area (Å²) in [5.41, 5.74) is 0.953. The fraction of sp³-hybridized carbons (Fsp3) is 0.545. The number of hydrogen-bond donors (Lipinski definition) is 1. The average Bonchev–Trinajstić information content (AvgIpc) is 2.68. The molecule has 1 atom stereocenters. The van der Waals surface area contributed by atoms with E-state index in [1.54, 1.807) is 13.2 Å². The summed E-state index contributed by atoms with van der Waals surface area (Å²) in [6.07, 6.45) is 0. The summed E-state index contributed by atoms with van der Waals surface area (Å²) < 4.78 is 5.11. The van der Waals surface area contributed by atoms with Crippen LogP contribution < -0.4 is 4.90 Å². The number of carbonyl (C=O) groups is 1. The highest BCUT2D eigenvalue weighted by Crippen LogP contribution is 2.24. The Morgan fingerprint density at radius 2 is 2.38 bits per heavy atom. The minimum Gasteiger partial charge on any atom is -0.477 e. The molecule has 90 valence electrons. The SMILES string of the molecule is CCN(c1csc(C(=O)O)c1)C(C)COC. The van der Waals surface area contributed by atoms with E-state index in [-0.39, 0.29) is 6.04 Å². The fourth-order valence-corrected chi connectivity index (χ4v) is 2.41. The number of nitrogens with zero attached hydrogens (tertiary/aromatic N) is 1. The zero-order valence-corrected chi connectivity index (χ0v) is 10.6. The van der Waals surface area contributed by atoms with Crippen LogP contribution in [0.4, 0.5) is 5.69 Å². The van der Waals surface area contributed by atoms with Crippen molar-refractivity contribution in [1.82, 2.24) is 0 Å². The average molecular weight is 243 g/mol. The molecular weight excluding hydrogens is 226 g/mol. The van der Waals surface area contributed by atoms with Crippen molar-refractivity contribution < 1.29 is 14.6 Å². The number of aromatic carboxylic acids is 1. The molecule has 0 radical (unpaired) electrons. The number of rotatable bonds is 6. The van der Waals surface area contributed by atoms with Crippen LogP contribution in [0.2, 0.25) is 0 Å². The molecule has 0 aliphatic carbocycles. The first-order valence-corrected chi connectivity index (χ1v) is 6.05. The van der Waals surface area contributed by atoms with Gasteiger partial charge in [0.15, 0.2) is 0 Å². The van der Waals surface area contributed by atoms with Gasteiger partial charge in [-0.25, -0.2) is 4.79 Å². The van der Waals surface area contributed by atoms with Gasteiger partial charge in [0, 0.05) is 30.8 Å². The van der Waals surface area contributed by atoms with Crippen molar-refractivity contribution in [1.29, 1.82) is 0 Å². The molecule has 1 N–H and O–H groups in total. The van der Waals surface area contributed by atoms with E-state index in [4.69, 9.17) is 9.84 Å². The fourth-order valence-electron chi connectivity index (χ4n) is 1.67. The van der Waals surface area contributed by atoms with Gasteiger partial charge < -0.3 is 14.7 Å². The molecule has 0 amide bonds. The Hall–Kier alpha value is -1.07. The predicted molar refractivity (Wildman–Crippen MR) is 65.6 cm³/mol. The second kappa shape index (κ2) is 5.86. The lowest BCUT2D eigenvalue weighted by Gasteiger charge is -2.28. The van der Waals surface area contributed by atoms with E-state index >= 15 is 0 Å². The van der Waals surface area contributed by atoms with Crippen LogP contribution in [0.15, 0.2) is 11.4 Å². The molecule has 0 saturated carbocycles. The van der Waals surface area contributed by atoms with Crippen molar-refractivity contribution in [3.63, 3.8) is 0 Å². The van der Waals surface area contributed by atoms with Gasteiger partial charge in [0.25, 0.3) is 0 Å². The van der Waals surface area contributed by atoms with E-state index in [9.17, 15) is 4.79 Å². The topological polar surface area (TPSA) is 49.8 Å². The van der Waals surface area contributed by atoms with Crippen molar-refractivity contribution in [3.8, 4) is 0 Å². The van der Waals surface area contributed by atoms with Gasteiger partial charge in [-0.3, -0.25) is 0 Å². The Morgan fingerprint density at radius 1 is 1.69 bits per heavy atom. The molecule has 4 nitrogen and oxygen atoms in total. The third kappa shape index (κ3) is 2.96. The van der Waals surface area contributed by atoms with Gasteiger partial charge in [-0.1, -0.05) is 0 Å². The number of likely N-dealkylation sites (N-methyl/N-ethyl adjacent to an activating group) is 1. The minimum atomic E-state index is -0.869. The summed E-state index contributed by atoms with van der Waals surface area (Å²) >= 11 is 1.25. The third-order valence-corrected chi connectivity index (χ3v) is 3.31. The molecule has 1 rings (SSSR count). The van der Waals surface area contributed by atoms with Crippen LogP contribution in [-0.4, -0.2) is 37.4 Å². The highest BCUT2D eigenvalue weighted by Gasteiger charge is 2.16. The van der Waals surface area contributed by atoms with Crippen LogP contribution in [-0.2, 0) is 4.74 Å². The summed E-state index contributed by atoms with van der Waals surface area (Å²) in [5, 5.41) is 10.7. The highest BCUT2D eigenvalue weighted by molar-refractivity contribution is 7.12. The molecule has 0 saturated heterocycles. The first kappa shape index (κ1) is 13.0. The van der Waals surface area contributed by atoms with Crippen molar-refractivity contribution in [2.75, 3.05) is 25.2 Å². The number of carboxylic acids is 1. The van der Waals surface area contributed by atoms with Crippen LogP contribution in [0.25, 0.3) is 0 Å². The molecule has 0 aliphatic rings. The first-order chi connectivity index (χ1) is 7.60. The highest BCUT2D eigenvalue weighted by atomic mass is 32.1. The Bertz CT molecular complexity index is 351. The van der Waals surface area contributed by atoms with Gasteiger partial charge in [0.05, 0.1) is 6.61 Å². The Labute approximate surface area is 99.5 Å². The zero-order valence-electron chi connectivity index (χ0n) is 9.77. The van der Waals surface area contributed by atoms with Crippen molar-refractivity contribution in [2.24, 2.45) is 0 Å². The monoisotopic (exact) mass is 243 g/mol.